The van der Waals surface area contributed by atoms with Crippen LogP contribution >= 0.6 is 23.5 Å². The number of carbonyl (C=O) groups is 5. The molecule has 0 aromatic heterocycles. The van der Waals surface area contributed by atoms with E-state index in [0.717, 1.165) is 11.8 Å². The van der Waals surface area contributed by atoms with Crippen molar-refractivity contribution in [2.75, 3.05) is 5.75 Å². The highest BCUT2D eigenvalue weighted by Crippen LogP contribution is 2.40. The van der Waals surface area contributed by atoms with Crippen molar-refractivity contribution in [2.45, 2.75) is 56.9 Å². The van der Waals surface area contributed by atoms with Crippen molar-refractivity contribution in [2.24, 2.45) is 0 Å². The number of esters is 1. The van der Waals surface area contributed by atoms with Gasteiger partial charge in [-0.2, -0.15) is 0 Å². The fraction of sp³-hybridized carbons (Fsp3) is 0.435. The van der Waals surface area contributed by atoms with E-state index in [4.69, 9.17) is 9.47 Å². The summed E-state index contributed by atoms with van der Waals surface area (Å²) in [6.07, 6.45) is -1.23. The van der Waals surface area contributed by atoms with Crippen LogP contribution in [0.1, 0.15) is 39.4 Å². The van der Waals surface area contributed by atoms with Gasteiger partial charge in [-0.15, -0.1) is 11.8 Å². The SMILES string of the molecule is CCSC(=O)NC1=CS[C@@H]2C(NC(=O)C(OC=O)c3ccccc3)C(=O)N2C1C(=O)OC(C)(C)C. The van der Waals surface area contributed by atoms with Crippen LogP contribution in [0.5, 0.6) is 0 Å². The fourth-order valence-electron chi connectivity index (χ4n) is 3.58. The molecule has 2 aliphatic heterocycles. The number of carbonyl (C=O) groups excluding carboxylic acids is 5. The number of hydrogen-bond donors (Lipinski definition) is 2. The Hall–Kier alpha value is -2.99. The van der Waals surface area contributed by atoms with E-state index in [9.17, 15) is 24.0 Å². The van der Waals surface area contributed by atoms with E-state index in [-0.39, 0.29) is 17.4 Å². The summed E-state index contributed by atoms with van der Waals surface area (Å²) >= 11 is 2.21. The molecule has 2 N–H and O–H groups in total. The molecule has 3 rings (SSSR count). The van der Waals surface area contributed by atoms with E-state index in [1.165, 1.54) is 16.7 Å². The Balaban J connectivity index is 1.81. The van der Waals surface area contributed by atoms with Gasteiger partial charge in [-0.25, -0.2) is 4.79 Å². The number of amides is 3. The van der Waals surface area contributed by atoms with E-state index in [2.05, 4.69) is 10.6 Å². The first-order valence-corrected chi connectivity index (χ1v) is 12.8. The minimum absolute atomic E-state index is 0.173. The summed E-state index contributed by atoms with van der Waals surface area (Å²) in [4.78, 5) is 63.5. The minimum Gasteiger partial charge on any atom is -0.458 e. The zero-order chi connectivity index (χ0) is 25.8. The van der Waals surface area contributed by atoms with Crippen LogP contribution in [0.3, 0.4) is 0 Å². The van der Waals surface area contributed by atoms with E-state index >= 15 is 0 Å². The van der Waals surface area contributed by atoms with Gasteiger partial charge >= 0.3 is 5.97 Å². The molecule has 0 aliphatic carbocycles. The second-order valence-electron chi connectivity index (χ2n) is 8.64. The van der Waals surface area contributed by atoms with Crippen LogP contribution in [0.15, 0.2) is 41.4 Å². The van der Waals surface area contributed by atoms with Gasteiger partial charge in [0.25, 0.3) is 17.6 Å². The van der Waals surface area contributed by atoms with Crippen LogP contribution in [-0.2, 0) is 28.7 Å². The number of nitrogens with one attached hydrogen (secondary N) is 2. The first-order valence-electron chi connectivity index (χ1n) is 10.9. The lowest BCUT2D eigenvalue weighted by Gasteiger charge is -2.51. The van der Waals surface area contributed by atoms with Crippen LogP contribution in [0.4, 0.5) is 4.79 Å². The van der Waals surface area contributed by atoms with E-state index in [0.29, 0.717) is 11.3 Å². The van der Waals surface area contributed by atoms with Crippen molar-refractivity contribution < 1.29 is 33.4 Å². The molecule has 1 saturated heterocycles. The maximum atomic E-state index is 13.1. The summed E-state index contributed by atoms with van der Waals surface area (Å²) in [5.74, 6) is -1.35. The Bertz CT molecular complexity index is 1030. The third-order valence-electron chi connectivity index (χ3n) is 4.97. The van der Waals surface area contributed by atoms with Gasteiger partial charge in [-0.3, -0.25) is 19.2 Å². The van der Waals surface area contributed by atoms with Crippen molar-refractivity contribution in [3.63, 3.8) is 0 Å². The largest absolute Gasteiger partial charge is 0.458 e. The summed E-state index contributed by atoms with van der Waals surface area (Å²) in [6.45, 7) is 7.09. The Labute approximate surface area is 211 Å². The Kier molecular flexibility index (Phi) is 8.49. The van der Waals surface area contributed by atoms with Gasteiger partial charge in [0.05, 0.1) is 5.70 Å². The van der Waals surface area contributed by atoms with Crippen LogP contribution in [-0.4, -0.2) is 63.2 Å². The van der Waals surface area contributed by atoms with Crippen molar-refractivity contribution in [3.05, 3.63) is 47.0 Å². The number of benzene rings is 1. The molecule has 1 aromatic rings. The first-order chi connectivity index (χ1) is 16.6. The molecule has 2 aliphatic rings. The van der Waals surface area contributed by atoms with Crippen LogP contribution < -0.4 is 10.6 Å². The molecule has 35 heavy (non-hydrogen) atoms. The summed E-state index contributed by atoms with van der Waals surface area (Å²) in [5, 5.41) is 5.92. The predicted molar refractivity (Wildman–Crippen MR) is 131 cm³/mol. The van der Waals surface area contributed by atoms with Gasteiger partial charge in [0.2, 0.25) is 12.0 Å². The quantitative estimate of drug-likeness (QED) is 0.301. The van der Waals surface area contributed by atoms with Crippen molar-refractivity contribution >= 4 is 53.0 Å². The highest BCUT2D eigenvalue weighted by molar-refractivity contribution is 8.13. The summed E-state index contributed by atoms with van der Waals surface area (Å²) in [6, 6.07) is 6.27. The average Bonchev–Trinajstić information content (AvgIpc) is 2.80. The Morgan fingerprint density at radius 2 is 1.91 bits per heavy atom. The maximum Gasteiger partial charge on any atom is 0.335 e. The zero-order valence-electron chi connectivity index (χ0n) is 19.7. The molecule has 0 bridgehead atoms. The smallest absolute Gasteiger partial charge is 0.335 e. The van der Waals surface area contributed by atoms with E-state index in [1.54, 1.807) is 56.5 Å². The third-order valence-corrected chi connectivity index (χ3v) is 6.79. The topological polar surface area (TPSA) is 131 Å². The molecule has 3 amide bonds. The molecule has 10 nitrogen and oxygen atoms in total. The van der Waals surface area contributed by atoms with Gasteiger partial charge in [0.15, 0.2) is 6.04 Å². The van der Waals surface area contributed by atoms with Crippen molar-refractivity contribution in [1.82, 2.24) is 15.5 Å². The fourth-order valence-corrected chi connectivity index (χ4v) is 5.20. The van der Waals surface area contributed by atoms with Gasteiger partial charge in [-0.1, -0.05) is 49.0 Å². The second kappa shape index (κ2) is 11.2. The highest BCUT2D eigenvalue weighted by Gasteiger charge is 2.57. The van der Waals surface area contributed by atoms with Crippen molar-refractivity contribution in [3.8, 4) is 0 Å². The van der Waals surface area contributed by atoms with Crippen molar-refractivity contribution in [1.29, 1.82) is 0 Å². The molecular weight excluding hydrogens is 494 g/mol. The number of rotatable bonds is 8. The van der Waals surface area contributed by atoms with Gasteiger partial charge in [0, 0.05) is 5.56 Å². The summed E-state index contributed by atoms with van der Waals surface area (Å²) < 4.78 is 10.5. The van der Waals surface area contributed by atoms with Crippen LogP contribution in [0, 0.1) is 0 Å². The molecule has 0 radical (unpaired) electrons. The van der Waals surface area contributed by atoms with E-state index < -0.39 is 46.9 Å². The molecule has 2 heterocycles. The monoisotopic (exact) mass is 521 g/mol. The molecule has 1 fully saturated rings. The minimum atomic E-state index is -1.23. The lowest BCUT2D eigenvalue weighted by Crippen LogP contribution is -2.74. The number of thioether (sulfide) groups is 2. The molecule has 12 heteroatoms. The number of nitrogens with zero attached hydrogens (tertiary/aromatic N) is 1. The second-order valence-corrected chi connectivity index (χ2v) is 10.9. The van der Waals surface area contributed by atoms with Crippen LogP contribution in [0.2, 0.25) is 0 Å². The molecule has 188 valence electrons. The lowest BCUT2D eigenvalue weighted by molar-refractivity contribution is -0.170. The number of ether oxygens (including phenoxy) is 2. The first kappa shape index (κ1) is 26.6. The van der Waals surface area contributed by atoms with Gasteiger partial charge in [0.1, 0.15) is 17.0 Å². The maximum absolute atomic E-state index is 13.1. The number of hydrogen-bond acceptors (Lipinski definition) is 9. The Morgan fingerprint density at radius 1 is 1.23 bits per heavy atom. The average molecular weight is 522 g/mol. The third kappa shape index (κ3) is 6.17. The normalized spacial score (nSPS) is 22.1. The molecular formula is C23H27N3O7S2. The molecule has 1 aromatic carbocycles. The summed E-state index contributed by atoms with van der Waals surface area (Å²) in [7, 11) is 0. The number of fused-ring (bicyclic) bond motifs is 1. The molecule has 0 spiro atoms. The van der Waals surface area contributed by atoms with Gasteiger partial charge in [-0.05, 0) is 31.9 Å². The lowest BCUT2D eigenvalue weighted by atomic mass is 9.99. The molecule has 0 saturated carbocycles. The predicted octanol–water partition coefficient (Wildman–Crippen LogP) is 2.31. The highest BCUT2D eigenvalue weighted by atomic mass is 32.2. The van der Waals surface area contributed by atoms with Gasteiger partial charge < -0.3 is 25.0 Å². The standard InChI is InChI=1S/C23H27N3O7S2/c1-5-34-22(31)24-14-11-35-20-15(19(29)26(20)16(14)21(30)33-23(2,3)4)25-18(28)17(32-12-27)13-9-7-6-8-10-13/h6-12,15-17,20H,5H2,1-4H3,(H,24,31)(H,25,28)/t15?,16?,17?,20-/m1/s1. The molecule has 3 unspecified atom stereocenters. The Morgan fingerprint density at radius 3 is 2.51 bits per heavy atom. The number of β-lactam (4-membered cyclic amide) rings is 1. The zero-order valence-corrected chi connectivity index (χ0v) is 21.3. The summed E-state index contributed by atoms with van der Waals surface area (Å²) in [5.41, 5.74) is -0.140. The van der Waals surface area contributed by atoms with E-state index in [1.807, 2.05) is 6.92 Å². The van der Waals surface area contributed by atoms with Crippen LogP contribution in [0.25, 0.3) is 0 Å². The molecule has 4 atom stereocenters.